The number of halogens is 1. The van der Waals surface area contributed by atoms with Gasteiger partial charge in [-0.3, -0.25) is 9.59 Å². The molecule has 1 aliphatic carbocycles. The zero-order valence-corrected chi connectivity index (χ0v) is 15.0. The number of rotatable bonds is 3. The Kier molecular flexibility index (Phi) is 4.52. The van der Waals surface area contributed by atoms with E-state index in [0.717, 1.165) is 16.9 Å². The van der Waals surface area contributed by atoms with E-state index in [1.165, 1.54) is 12.1 Å². The Bertz CT molecular complexity index is 916. The number of ether oxygens (including phenoxy) is 1. The minimum absolute atomic E-state index is 0.0226. The van der Waals surface area contributed by atoms with Gasteiger partial charge in [-0.1, -0.05) is 24.3 Å². The van der Waals surface area contributed by atoms with Gasteiger partial charge < -0.3 is 10.1 Å². The second-order valence-electron chi connectivity index (χ2n) is 7.05. The molecule has 1 N–H and O–H groups in total. The number of methoxy groups -OCH3 is 1. The molecule has 0 radical (unpaired) electrons. The first-order chi connectivity index (χ1) is 13.0. The van der Waals surface area contributed by atoms with Gasteiger partial charge in [0.2, 0.25) is 5.91 Å². The molecule has 1 heterocycles. The summed E-state index contributed by atoms with van der Waals surface area (Å²) < 4.78 is 18.5. The molecule has 5 heteroatoms. The first kappa shape index (κ1) is 17.5. The average molecular weight is 365 g/mol. The highest BCUT2D eigenvalue weighted by molar-refractivity contribution is 6.02. The summed E-state index contributed by atoms with van der Waals surface area (Å²) in [6, 6.07) is 13.7. The lowest BCUT2D eigenvalue weighted by Gasteiger charge is -2.34. The molecule has 4 nitrogen and oxygen atoms in total. The number of nitrogens with one attached hydrogen (secondary N) is 1. The molecule has 0 unspecified atom stereocenters. The van der Waals surface area contributed by atoms with Gasteiger partial charge in [-0.2, -0.15) is 0 Å². The van der Waals surface area contributed by atoms with Crippen molar-refractivity contribution in [3.05, 3.63) is 76.7 Å². The van der Waals surface area contributed by atoms with Crippen molar-refractivity contribution in [1.82, 2.24) is 5.32 Å². The molecule has 0 aromatic heterocycles. The molecule has 2 atom stereocenters. The normalized spacial score (nSPS) is 22.3. The number of hydrogen-bond acceptors (Lipinski definition) is 3. The first-order valence-electron chi connectivity index (χ1n) is 9.00. The topological polar surface area (TPSA) is 55.4 Å². The number of benzene rings is 2. The number of carbonyl (C=O) groups excluding carboxylic acids is 2. The molecule has 2 aromatic carbocycles. The van der Waals surface area contributed by atoms with E-state index < -0.39 is 0 Å². The van der Waals surface area contributed by atoms with Gasteiger partial charge in [-0.25, -0.2) is 4.39 Å². The lowest BCUT2D eigenvalue weighted by Crippen LogP contribution is -2.38. The molecule has 27 heavy (non-hydrogen) atoms. The Balaban J connectivity index is 1.67. The van der Waals surface area contributed by atoms with E-state index in [9.17, 15) is 14.0 Å². The fourth-order valence-electron chi connectivity index (χ4n) is 4.05. The molecular formula is C22H20FNO3. The Morgan fingerprint density at radius 3 is 2.26 bits per heavy atom. The third-order valence-electron chi connectivity index (χ3n) is 5.40. The SMILES string of the molecule is COc1ccc([C@@H]2CC(=O)C3=C(C2)NC(=O)C[C@H]3c2ccc(F)cc2)cc1. The minimum Gasteiger partial charge on any atom is -0.497 e. The van der Waals surface area contributed by atoms with Gasteiger partial charge in [0.05, 0.1) is 7.11 Å². The van der Waals surface area contributed by atoms with Crippen LogP contribution in [0.3, 0.4) is 0 Å². The molecule has 0 fully saturated rings. The smallest absolute Gasteiger partial charge is 0.225 e. The molecule has 1 amide bonds. The predicted molar refractivity (Wildman–Crippen MR) is 98.9 cm³/mol. The molecule has 0 spiro atoms. The predicted octanol–water partition coefficient (Wildman–Crippen LogP) is 3.84. The van der Waals surface area contributed by atoms with Crippen LogP contribution in [0.4, 0.5) is 4.39 Å². The van der Waals surface area contributed by atoms with Crippen LogP contribution < -0.4 is 10.1 Å². The van der Waals surface area contributed by atoms with Gasteiger partial charge in [0.15, 0.2) is 5.78 Å². The number of hydrogen-bond donors (Lipinski definition) is 1. The molecule has 2 aromatic rings. The highest BCUT2D eigenvalue weighted by Crippen LogP contribution is 2.42. The summed E-state index contributed by atoms with van der Waals surface area (Å²) in [5, 5.41) is 2.90. The van der Waals surface area contributed by atoms with Crippen LogP contribution in [0.2, 0.25) is 0 Å². The van der Waals surface area contributed by atoms with Crippen LogP contribution in [0.15, 0.2) is 59.8 Å². The van der Waals surface area contributed by atoms with Crippen molar-refractivity contribution in [2.45, 2.75) is 31.1 Å². The number of ketones is 1. The van der Waals surface area contributed by atoms with Crippen molar-refractivity contribution in [2.24, 2.45) is 0 Å². The molecule has 0 saturated carbocycles. The van der Waals surface area contributed by atoms with Crippen LogP contribution in [0.25, 0.3) is 0 Å². The maximum absolute atomic E-state index is 13.3. The van der Waals surface area contributed by atoms with E-state index in [1.807, 2.05) is 24.3 Å². The molecule has 0 saturated heterocycles. The van der Waals surface area contributed by atoms with Crippen molar-refractivity contribution >= 4 is 11.7 Å². The van der Waals surface area contributed by atoms with Crippen LogP contribution in [0.1, 0.15) is 42.2 Å². The quantitative estimate of drug-likeness (QED) is 0.899. The van der Waals surface area contributed by atoms with Crippen LogP contribution in [0.5, 0.6) is 5.75 Å². The largest absolute Gasteiger partial charge is 0.497 e. The highest BCUT2D eigenvalue weighted by atomic mass is 19.1. The van der Waals surface area contributed by atoms with Gasteiger partial charge in [-0.05, 0) is 47.7 Å². The summed E-state index contributed by atoms with van der Waals surface area (Å²) >= 11 is 0. The summed E-state index contributed by atoms with van der Waals surface area (Å²) in [4.78, 5) is 25.2. The Morgan fingerprint density at radius 1 is 0.926 bits per heavy atom. The zero-order valence-electron chi connectivity index (χ0n) is 15.0. The summed E-state index contributed by atoms with van der Waals surface area (Å²) in [5.74, 6) is 0.0941. The maximum atomic E-state index is 13.3. The monoisotopic (exact) mass is 365 g/mol. The third-order valence-corrected chi connectivity index (χ3v) is 5.40. The second kappa shape index (κ2) is 6.99. The molecular weight excluding hydrogens is 345 g/mol. The van der Waals surface area contributed by atoms with E-state index in [-0.39, 0.29) is 35.8 Å². The second-order valence-corrected chi connectivity index (χ2v) is 7.05. The highest BCUT2D eigenvalue weighted by Gasteiger charge is 2.38. The van der Waals surface area contributed by atoms with Crippen molar-refractivity contribution in [2.75, 3.05) is 7.11 Å². The van der Waals surface area contributed by atoms with E-state index in [2.05, 4.69) is 5.32 Å². The number of carbonyl (C=O) groups is 2. The van der Waals surface area contributed by atoms with Crippen molar-refractivity contribution < 1.29 is 18.7 Å². The molecule has 2 aliphatic rings. The fourth-order valence-corrected chi connectivity index (χ4v) is 4.05. The summed E-state index contributed by atoms with van der Waals surface area (Å²) in [6.07, 6.45) is 1.22. The first-order valence-corrected chi connectivity index (χ1v) is 9.00. The minimum atomic E-state index is -0.331. The van der Waals surface area contributed by atoms with Crippen LogP contribution >= 0.6 is 0 Å². The Morgan fingerprint density at radius 2 is 1.59 bits per heavy atom. The zero-order chi connectivity index (χ0) is 19.0. The lowest BCUT2D eigenvalue weighted by atomic mass is 9.73. The fraction of sp³-hybridized carbons (Fsp3) is 0.273. The van der Waals surface area contributed by atoms with Crippen molar-refractivity contribution in [3.63, 3.8) is 0 Å². The summed E-state index contributed by atoms with van der Waals surface area (Å²) in [7, 11) is 1.61. The standard InChI is InChI=1S/C22H20FNO3/c1-27-17-8-4-13(5-9-17)15-10-19-22(20(25)11-15)18(12-21(26)24-19)14-2-6-16(23)7-3-14/h2-9,15,18H,10-12H2,1H3,(H,24,26)/t15-,18-/m0/s1. The van der Waals surface area contributed by atoms with Crippen LogP contribution in [-0.2, 0) is 9.59 Å². The van der Waals surface area contributed by atoms with Gasteiger partial charge in [0, 0.05) is 30.0 Å². The van der Waals surface area contributed by atoms with E-state index >= 15 is 0 Å². The van der Waals surface area contributed by atoms with Gasteiger partial charge in [0.1, 0.15) is 11.6 Å². The molecule has 0 bridgehead atoms. The summed E-state index contributed by atoms with van der Waals surface area (Å²) in [6.45, 7) is 0. The van der Waals surface area contributed by atoms with E-state index in [0.29, 0.717) is 24.1 Å². The van der Waals surface area contributed by atoms with Gasteiger partial charge in [0.25, 0.3) is 0 Å². The Hall–Kier alpha value is -2.95. The van der Waals surface area contributed by atoms with Crippen LogP contribution in [0, 0.1) is 5.82 Å². The van der Waals surface area contributed by atoms with Crippen molar-refractivity contribution in [3.8, 4) is 5.75 Å². The maximum Gasteiger partial charge on any atom is 0.225 e. The summed E-state index contributed by atoms with van der Waals surface area (Å²) in [5.41, 5.74) is 3.23. The lowest BCUT2D eigenvalue weighted by molar-refractivity contribution is -0.122. The number of Topliss-reactive ketones (excluding diaryl/α,β-unsaturated/α-hetero) is 1. The van der Waals surface area contributed by atoms with E-state index in [1.54, 1.807) is 19.2 Å². The van der Waals surface area contributed by atoms with Gasteiger partial charge in [-0.15, -0.1) is 0 Å². The third kappa shape index (κ3) is 3.37. The van der Waals surface area contributed by atoms with Gasteiger partial charge >= 0.3 is 0 Å². The van der Waals surface area contributed by atoms with Crippen molar-refractivity contribution in [1.29, 1.82) is 0 Å². The average Bonchev–Trinajstić information content (AvgIpc) is 2.67. The molecule has 138 valence electrons. The van der Waals surface area contributed by atoms with E-state index in [4.69, 9.17) is 4.74 Å². The molecule has 4 rings (SSSR count). The number of allylic oxidation sites excluding steroid dienone is 2. The molecule has 1 aliphatic heterocycles. The van der Waals surface area contributed by atoms with Crippen LogP contribution in [-0.4, -0.2) is 18.8 Å². The number of amides is 1. The Labute approximate surface area is 157 Å².